The molecule has 1 aliphatic rings. The summed E-state index contributed by atoms with van der Waals surface area (Å²) in [5.41, 5.74) is 0.348. The highest BCUT2D eigenvalue weighted by Gasteiger charge is 2.34. The molecule has 1 unspecified atom stereocenters. The summed E-state index contributed by atoms with van der Waals surface area (Å²) < 4.78 is 18.4. The number of rotatable bonds is 3. The quantitative estimate of drug-likeness (QED) is 0.840. The van der Waals surface area contributed by atoms with Crippen LogP contribution in [0.2, 0.25) is 0 Å². The number of anilines is 1. The maximum absolute atomic E-state index is 12.6. The van der Waals surface area contributed by atoms with E-state index in [2.05, 4.69) is 0 Å². The SMILES string of the molecule is CC(CF)CC(=O)N1CC(C)(C)Oc2ccccc21. The summed E-state index contributed by atoms with van der Waals surface area (Å²) in [5, 5.41) is 0. The standard InChI is InChI=1S/C15H20FNO2/c1-11(9-16)8-14(18)17-10-15(2,3)19-13-7-5-4-6-12(13)17/h4-7,11H,8-10H2,1-3H3. The Balaban J connectivity index is 2.27. The topological polar surface area (TPSA) is 29.5 Å². The second-order valence-corrected chi connectivity index (χ2v) is 5.77. The first-order valence-electron chi connectivity index (χ1n) is 6.57. The smallest absolute Gasteiger partial charge is 0.227 e. The molecule has 1 aromatic carbocycles. The average Bonchev–Trinajstić information content (AvgIpc) is 2.36. The minimum absolute atomic E-state index is 0.0472. The van der Waals surface area contributed by atoms with Crippen molar-refractivity contribution in [2.24, 2.45) is 5.92 Å². The van der Waals surface area contributed by atoms with Gasteiger partial charge in [0.25, 0.3) is 0 Å². The van der Waals surface area contributed by atoms with Crippen molar-refractivity contribution >= 4 is 11.6 Å². The summed E-state index contributed by atoms with van der Waals surface area (Å²) in [6.45, 7) is 5.65. The third-order valence-corrected chi connectivity index (χ3v) is 3.17. The van der Waals surface area contributed by atoms with Crippen molar-refractivity contribution in [3.05, 3.63) is 24.3 Å². The Kier molecular flexibility index (Phi) is 3.78. The Morgan fingerprint density at radius 1 is 1.47 bits per heavy atom. The molecule has 4 heteroatoms. The number of ether oxygens (including phenoxy) is 1. The van der Waals surface area contributed by atoms with E-state index in [9.17, 15) is 9.18 Å². The van der Waals surface area contributed by atoms with Crippen molar-refractivity contribution in [1.29, 1.82) is 0 Å². The molecule has 0 N–H and O–H groups in total. The van der Waals surface area contributed by atoms with Crippen molar-refractivity contribution < 1.29 is 13.9 Å². The predicted molar refractivity (Wildman–Crippen MR) is 73.3 cm³/mol. The molecule has 1 heterocycles. The van der Waals surface area contributed by atoms with E-state index in [0.29, 0.717) is 12.3 Å². The van der Waals surface area contributed by atoms with Crippen LogP contribution < -0.4 is 9.64 Å². The van der Waals surface area contributed by atoms with Crippen LogP contribution in [0, 0.1) is 5.92 Å². The van der Waals surface area contributed by atoms with Gasteiger partial charge in [-0.3, -0.25) is 9.18 Å². The minimum Gasteiger partial charge on any atom is -0.484 e. The van der Waals surface area contributed by atoms with E-state index in [-0.39, 0.29) is 18.2 Å². The fraction of sp³-hybridized carbons (Fsp3) is 0.533. The van der Waals surface area contributed by atoms with Gasteiger partial charge < -0.3 is 9.64 Å². The fourth-order valence-electron chi connectivity index (χ4n) is 2.25. The van der Waals surface area contributed by atoms with Gasteiger partial charge in [0.05, 0.1) is 18.9 Å². The second kappa shape index (κ2) is 5.19. The van der Waals surface area contributed by atoms with Gasteiger partial charge in [-0.05, 0) is 31.9 Å². The molecule has 1 aliphatic heterocycles. The van der Waals surface area contributed by atoms with Crippen molar-refractivity contribution in [2.75, 3.05) is 18.1 Å². The number of hydrogen-bond donors (Lipinski definition) is 0. The number of nitrogens with zero attached hydrogens (tertiary/aromatic N) is 1. The molecule has 0 fully saturated rings. The van der Waals surface area contributed by atoms with E-state index < -0.39 is 12.3 Å². The third kappa shape index (κ3) is 3.06. The van der Waals surface area contributed by atoms with Crippen molar-refractivity contribution in [3.8, 4) is 5.75 Å². The van der Waals surface area contributed by atoms with E-state index in [1.807, 2.05) is 38.1 Å². The number of halogens is 1. The van der Waals surface area contributed by atoms with Crippen LogP contribution in [0.4, 0.5) is 10.1 Å². The molecule has 0 spiro atoms. The average molecular weight is 265 g/mol. The molecule has 1 aromatic rings. The van der Waals surface area contributed by atoms with E-state index >= 15 is 0 Å². The third-order valence-electron chi connectivity index (χ3n) is 3.17. The van der Waals surface area contributed by atoms with Crippen molar-refractivity contribution in [1.82, 2.24) is 0 Å². The summed E-state index contributed by atoms with van der Waals surface area (Å²) in [6, 6.07) is 7.48. The molecule has 1 atom stereocenters. The zero-order valence-electron chi connectivity index (χ0n) is 11.6. The van der Waals surface area contributed by atoms with Gasteiger partial charge in [0.1, 0.15) is 11.4 Å². The number of carbonyl (C=O) groups is 1. The van der Waals surface area contributed by atoms with Crippen LogP contribution in [0.25, 0.3) is 0 Å². The highest BCUT2D eigenvalue weighted by molar-refractivity contribution is 5.95. The molecule has 104 valence electrons. The van der Waals surface area contributed by atoms with Crippen molar-refractivity contribution in [3.63, 3.8) is 0 Å². The molecule has 0 radical (unpaired) electrons. The number of amides is 1. The number of alkyl halides is 1. The van der Waals surface area contributed by atoms with Crippen LogP contribution in [-0.4, -0.2) is 24.7 Å². The monoisotopic (exact) mass is 265 g/mol. The normalized spacial score (nSPS) is 18.4. The van der Waals surface area contributed by atoms with Crippen LogP contribution >= 0.6 is 0 Å². The Bertz CT molecular complexity index is 473. The zero-order chi connectivity index (χ0) is 14.0. The molecular weight excluding hydrogens is 245 g/mol. The minimum atomic E-state index is -0.471. The summed E-state index contributed by atoms with van der Waals surface area (Å²) in [4.78, 5) is 14.0. The lowest BCUT2D eigenvalue weighted by Crippen LogP contribution is -2.49. The molecule has 0 bridgehead atoms. The maximum Gasteiger partial charge on any atom is 0.227 e. The van der Waals surface area contributed by atoms with Crippen LogP contribution in [0.3, 0.4) is 0 Å². The number of carbonyl (C=O) groups excluding carboxylic acids is 1. The van der Waals surface area contributed by atoms with E-state index in [4.69, 9.17) is 4.74 Å². The second-order valence-electron chi connectivity index (χ2n) is 5.77. The van der Waals surface area contributed by atoms with Crippen LogP contribution in [0.5, 0.6) is 5.75 Å². The fourth-order valence-corrected chi connectivity index (χ4v) is 2.25. The summed E-state index contributed by atoms with van der Waals surface area (Å²) in [7, 11) is 0. The Hall–Kier alpha value is -1.58. The van der Waals surface area contributed by atoms with Gasteiger partial charge in [0.2, 0.25) is 5.91 Å². The Morgan fingerprint density at radius 3 is 2.84 bits per heavy atom. The first-order chi connectivity index (χ1) is 8.93. The summed E-state index contributed by atoms with van der Waals surface area (Å²) >= 11 is 0. The maximum atomic E-state index is 12.6. The van der Waals surface area contributed by atoms with Gasteiger partial charge in [0, 0.05) is 6.42 Å². The van der Waals surface area contributed by atoms with Gasteiger partial charge in [-0.15, -0.1) is 0 Å². The van der Waals surface area contributed by atoms with E-state index in [1.54, 1.807) is 11.8 Å². The molecule has 0 saturated carbocycles. The summed E-state index contributed by atoms with van der Waals surface area (Å²) in [6.07, 6.45) is 0.223. The molecule has 1 amide bonds. The largest absolute Gasteiger partial charge is 0.484 e. The number of benzene rings is 1. The first-order valence-corrected chi connectivity index (χ1v) is 6.57. The van der Waals surface area contributed by atoms with Gasteiger partial charge >= 0.3 is 0 Å². The molecule has 0 aromatic heterocycles. The van der Waals surface area contributed by atoms with Crippen LogP contribution in [0.15, 0.2) is 24.3 Å². The highest BCUT2D eigenvalue weighted by atomic mass is 19.1. The van der Waals surface area contributed by atoms with Crippen LogP contribution in [0.1, 0.15) is 27.2 Å². The van der Waals surface area contributed by atoms with Gasteiger partial charge in [-0.1, -0.05) is 19.1 Å². The van der Waals surface area contributed by atoms with Crippen LogP contribution in [-0.2, 0) is 4.79 Å². The molecule has 0 aliphatic carbocycles. The van der Waals surface area contributed by atoms with E-state index in [1.165, 1.54) is 0 Å². The Labute approximate surface area is 113 Å². The number of para-hydroxylation sites is 2. The van der Waals surface area contributed by atoms with Gasteiger partial charge in [-0.25, -0.2) is 0 Å². The van der Waals surface area contributed by atoms with E-state index in [0.717, 1.165) is 5.69 Å². The first kappa shape index (κ1) is 13.8. The molecule has 0 saturated heterocycles. The van der Waals surface area contributed by atoms with Gasteiger partial charge in [-0.2, -0.15) is 0 Å². The predicted octanol–water partition coefficient (Wildman–Crippen LogP) is 3.19. The Morgan fingerprint density at radius 2 is 2.16 bits per heavy atom. The lowest BCUT2D eigenvalue weighted by atomic mass is 10.0. The van der Waals surface area contributed by atoms with Crippen molar-refractivity contribution in [2.45, 2.75) is 32.8 Å². The highest BCUT2D eigenvalue weighted by Crippen LogP contribution is 2.37. The lowest BCUT2D eigenvalue weighted by molar-refractivity contribution is -0.120. The van der Waals surface area contributed by atoms with Gasteiger partial charge in [0.15, 0.2) is 0 Å². The number of hydrogen-bond acceptors (Lipinski definition) is 2. The zero-order valence-corrected chi connectivity index (χ0v) is 11.6. The summed E-state index contributed by atoms with van der Waals surface area (Å²) in [5.74, 6) is 0.416. The lowest BCUT2D eigenvalue weighted by Gasteiger charge is -2.40. The molecular formula is C15H20FNO2. The number of fused-ring (bicyclic) bond motifs is 1. The molecule has 2 rings (SSSR count). The molecule has 3 nitrogen and oxygen atoms in total. The molecule has 19 heavy (non-hydrogen) atoms.